The van der Waals surface area contributed by atoms with Gasteiger partial charge in [-0.1, -0.05) is 30.3 Å². The van der Waals surface area contributed by atoms with Crippen molar-refractivity contribution in [2.45, 2.75) is 38.8 Å². The summed E-state index contributed by atoms with van der Waals surface area (Å²) in [6.07, 6.45) is 7.36. The van der Waals surface area contributed by atoms with Crippen LogP contribution >= 0.6 is 0 Å². The van der Waals surface area contributed by atoms with Crippen LogP contribution in [0.25, 0.3) is 0 Å². The average Bonchev–Trinajstić information content (AvgIpc) is 2.93. The maximum absolute atomic E-state index is 4.48. The first kappa shape index (κ1) is 13.8. The molecule has 1 aromatic carbocycles. The van der Waals surface area contributed by atoms with Crippen molar-refractivity contribution >= 4 is 0 Å². The van der Waals surface area contributed by atoms with E-state index < -0.39 is 0 Å². The van der Waals surface area contributed by atoms with Crippen LogP contribution in [0.4, 0.5) is 0 Å². The van der Waals surface area contributed by atoms with Crippen molar-refractivity contribution in [1.82, 2.24) is 14.9 Å². The Kier molecular flexibility index (Phi) is 5.16. The van der Waals surface area contributed by atoms with Gasteiger partial charge in [0.15, 0.2) is 0 Å². The summed E-state index contributed by atoms with van der Waals surface area (Å²) in [5, 5.41) is 3.38. The molecule has 2 aromatic rings. The minimum Gasteiger partial charge on any atom is -0.334 e. The van der Waals surface area contributed by atoms with Crippen LogP contribution in [0.15, 0.2) is 42.7 Å². The molecular weight excluding hydrogens is 234 g/mol. The van der Waals surface area contributed by atoms with Crippen LogP contribution < -0.4 is 5.32 Å². The van der Waals surface area contributed by atoms with Gasteiger partial charge in [0.2, 0.25) is 0 Å². The molecular formula is C16H23N3. The fourth-order valence-corrected chi connectivity index (χ4v) is 2.46. The van der Waals surface area contributed by atoms with Crippen LogP contribution in [0, 0.1) is 0 Å². The van der Waals surface area contributed by atoms with Gasteiger partial charge in [-0.3, -0.25) is 0 Å². The molecule has 0 aliphatic heterocycles. The second kappa shape index (κ2) is 7.10. The Labute approximate surface area is 115 Å². The number of benzene rings is 1. The largest absolute Gasteiger partial charge is 0.334 e. The van der Waals surface area contributed by atoms with Gasteiger partial charge in [0, 0.05) is 18.9 Å². The molecule has 0 saturated heterocycles. The quantitative estimate of drug-likeness (QED) is 0.825. The Hall–Kier alpha value is -1.61. The normalized spacial score (nSPS) is 12.5. The summed E-state index contributed by atoms with van der Waals surface area (Å²) in [5.41, 5.74) is 1.41. The number of hydrogen-bond donors (Lipinski definition) is 1. The van der Waals surface area contributed by atoms with Gasteiger partial charge in [-0.05, 0) is 38.8 Å². The summed E-state index contributed by atoms with van der Waals surface area (Å²) in [6.45, 7) is 3.13. The van der Waals surface area contributed by atoms with Crippen LogP contribution in [0.2, 0.25) is 0 Å². The Morgan fingerprint density at radius 2 is 2.05 bits per heavy atom. The van der Waals surface area contributed by atoms with Crippen molar-refractivity contribution in [1.29, 1.82) is 0 Å². The van der Waals surface area contributed by atoms with Gasteiger partial charge in [0.05, 0.1) is 6.04 Å². The van der Waals surface area contributed by atoms with E-state index in [1.54, 1.807) is 0 Å². The summed E-state index contributed by atoms with van der Waals surface area (Å²) in [6, 6.07) is 11.0. The predicted molar refractivity (Wildman–Crippen MR) is 79.1 cm³/mol. The van der Waals surface area contributed by atoms with Gasteiger partial charge in [-0.2, -0.15) is 0 Å². The summed E-state index contributed by atoms with van der Waals surface area (Å²) in [7, 11) is 2.02. The highest BCUT2D eigenvalue weighted by Gasteiger charge is 2.13. The van der Waals surface area contributed by atoms with Crippen LogP contribution in [0.1, 0.15) is 37.2 Å². The molecule has 0 saturated carbocycles. The minimum atomic E-state index is 0.346. The van der Waals surface area contributed by atoms with Crippen molar-refractivity contribution in [3.8, 4) is 0 Å². The van der Waals surface area contributed by atoms with E-state index in [0.717, 1.165) is 25.2 Å². The lowest BCUT2D eigenvalue weighted by Crippen LogP contribution is -2.20. The van der Waals surface area contributed by atoms with Crippen molar-refractivity contribution in [3.63, 3.8) is 0 Å². The molecule has 19 heavy (non-hydrogen) atoms. The summed E-state index contributed by atoms with van der Waals surface area (Å²) in [5.74, 6) is 1.15. The molecule has 0 spiro atoms. The van der Waals surface area contributed by atoms with Gasteiger partial charge < -0.3 is 9.88 Å². The van der Waals surface area contributed by atoms with E-state index in [0.29, 0.717) is 6.04 Å². The molecule has 1 atom stereocenters. The van der Waals surface area contributed by atoms with Crippen molar-refractivity contribution < 1.29 is 0 Å². The smallest absolute Gasteiger partial charge is 0.125 e. The first-order chi connectivity index (χ1) is 9.35. The standard InChI is InChI=1S/C16H23N3/c1-3-19-13-12-18-16(19)15(17-2)11-7-10-14-8-5-4-6-9-14/h4-6,8-9,12-13,15,17H,3,7,10-11H2,1-2H3. The lowest BCUT2D eigenvalue weighted by Gasteiger charge is -2.17. The topological polar surface area (TPSA) is 29.9 Å². The van der Waals surface area contributed by atoms with Gasteiger partial charge in [-0.25, -0.2) is 4.98 Å². The Morgan fingerprint density at radius 3 is 2.74 bits per heavy atom. The van der Waals surface area contributed by atoms with Crippen LogP contribution in [-0.4, -0.2) is 16.6 Å². The maximum Gasteiger partial charge on any atom is 0.125 e. The summed E-state index contributed by atoms with van der Waals surface area (Å²) >= 11 is 0. The van der Waals surface area contributed by atoms with Crippen LogP contribution in [0.3, 0.4) is 0 Å². The number of hydrogen-bond acceptors (Lipinski definition) is 2. The van der Waals surface area contributed by atoms with Crippen LogP contribution in [-0.2, 0) is 13.0 Å². The zero-order valence-corrected chi connectivity index (χ0v) is 11.8. The maximum atomic E-state index is 4.48. The first-order valence-corrected chi connectivity index (χ1v) is 7.07. The van der Waals surface area contributed by atoms with Crippen molar-refractivity contribution in [2.24, 2.45) is 0 Å². The molecule has 0 aliphatic rings. The minimum absolute atomic E-state index is 0.346. The molecule has 0 radical (unpaired) electrons. The lowest BCUT2D eigenvalue weighted by atomic mass is 10.0. The second-order valence-electron chi connectivity index (χ2n) is 4.79. The van der Waals surface area contributed by atoms with E-state index in [-0.39, 0.29) is 0 Å². The predicted octanol–water partition coefficient (Wildman–Crippen LogP) is 3.19. The SMILES string of the molecule is CCn1ccnc1C(CCCc1ccccc1)NC. The zero-order valence-electron chi connectivity index (χ0n) is 11.8. The molecule has 0 amide bonds. The van der Waals surface area contributed by atoms with E-state index in [2.05, 4.69) is 58.3 Å². The van der Waals surface area contributed by atoms with E-state index >= 15 is 0 Å². The van der Waals surface area contributed by atoms with Gasteiger partial charge in [0.1, 0.15) is 5.82 Å². The molecule has 1 aromatic heterocycles. The summed E-state index contributed by atoms with van der Waals surface area (Å²) in [4.78, 5) is 4.48. The third-order valence-corrected chi connectivity index (χ3v) is 3.55. The number of imidazole rings is 1. The van der Waals surface area contributed by atoms with Gasteiger partial charge >= 0.3 is 0 Å². The van der Waals surface area contributed by atoms with E-state index in [1.807, 2.05) is 13.2 Å². The fourth-order valence-electron chi connectivity index (χ4n) is 2.46. The molecule has 1 unspecified atom stereocenters. The van der Waals surface area contributed by atoms with E-state index in [9.17, 15) is 0 Å². The third-order valence-electron chi connectivity index (χ3n) is 3.55. The zero-order chi connectivity index (χ0) is 13.5. The van der Waals surface area contributed by atoms with Gasteiger partial charge in [0.25, 0.3) is 0 Å². The molecule has 1 heterocycles. The molecule has 3 heteroatoms. The lowest BCUT2D eigenvalue weighted by molar-refractivity contribution is 0.479. The summed E-state index contributed by atoms with van der Waals surface area (Å²) < 4.78 is 2.21. The molecule has 0 fully saturated rings. The second-order valence-corrected chi connectivity index (χ2v) is 4.79. The molecule has 3 nitrogen and oxygen atoms in total. The number of aromatic nitrogens is 2. The van der Waals surface area contributed by atoms with Crippen molar-refractivity contribution in [2.75, 3.05) is 7.05 Å². The number of nitrogens with one attached hydrogen (secondary N) is 1. The van der Waals surface area contributed by atoms with Gasteiger partial charge in [-0.15, -0.1) is 0 Å². The molecule has 0 bridgehead atoms. The Balaban J connectivity index is 1.90. The average molecular weight is 257 g/mol. The highest BCUT2D eigenvalue weighted by atomic mass is 15.1. The van der Waals surface area contributed by atoms with E-state index in [1.165, 1.54) is 12.0 Å². The molecule has 2 rings (SSSR count). The highest BCUT2D eigenvalue weighted by Crippen LogP contribution is 2.18. The number of aryl methyl sites for hydroxylation is 2. The fraction of sp³-hybridized carbons (Fsp3) is 0.438. The molecule has 102 valence electrons. The first-order valence-electron chi connectivity index (χ1n) is 7.07. The Bertz CT molecular complexity index is 476. The van der Waals surface area contributed by atoms with Crippen molar-refractivity contribution in [3.05, 3.63) is 54.1 Å². The number of rotatable bonds is 7. The highest BCUT2D eigenvalue weighted by molar-refractivity contribution is 5.14. The number of nitrogens with zero attached hydrogens (tertiary/aromatic N) is 2. The van der Waals surface area contributed by atoms with Crippen LogP contribution in [0.5, 0.6) is 0 Å². The third kappa shape index (κ3) is 3.67. The monoisotopic (exact) mass is 257 g/mol. The molecule has 0 aliphatic carbocycles. The van der Waals surface area contributed by atoms with E-state index in [4.69, 9.17) is 0 Å². The Morgan fingerprint density at radius 1 is 1.26 bits per heavy atom. The molecule has 1 N–H and O–H groups in total.